The lowest BCUT2D eigenvalue weighted by molar-refractivity contribution is 0.601. The molecular weight excluding hydrogens is 257 g/mol. The van der Waals surface area contributed by atoms with Crippen molar-refractivity contribution < 1.29 is 4.39 Å². The van der Waals surface area contributed by atoms with E-state index in [2.05, 4.69) is 6.07 Å². The number of rotatable bonds is 2. The zero-order chi connectivity index (χ0) is 12.6. The molecule has 2 N–H and O–H groups in total. The second-order valence-corrected chi connectivity index (χ2v) is 5.71. The number of halogens is 2. The van der Waals surface area contributed by atoms with Crippen LogP contribution < -0.4 is 5.73 Å². The minimum atomic E-state index is -0.498. The van der Waals surface area contributed by atoms with Crippen LogP contribution in [0.3, 0.4) is 0 Å². The summed E-state index contributed by atoms with van der Waals surface area (Å²) in [4.78, 5) is 2.13. The normalized spacial score (nSPS) is 12.8. The molecule has 0 saturated carbocycles. The highest BCUT2D eigenvalue weighted by Crippen LogP contribution is 2.34. The van der Waals surface area contributed by atoms with Crippen LogP contribution in [0.25, 0.3) is 0 Å². The fourth-order valence-electron chi connectivity index (χ4n) is 1.91. The van der Waals surface area contributed by atoms with Crippen LogP contribution in [0.1, 0.15) is 26.9 Å². The molecule has 0 aliphatic heterocycles. The van der Waals surface area contributed by atoms with E-state index in [0.717, 1.165) is 10.4 Å². The molecule has 90 valence electrons. The first-order valence-corrected chi connectivity index (χ1v) is 6.46. The van der Waals surface area contributed by atoms with E-state index in [0.29, 0.717) is 10.6 Å². The average Bonchev–Trinajstić information content (AvgIpc) is 2.57. The maximum Gasteiger partial charge on any atom is 0.129 e. The van der Waals surface area contributed by atoms with Crippen molar-refractivity contribution in [3.8, 4) is 0 Å². The van der Waals surface area contributed by atoms with Gasteiger partial charge in [0.1, 0.15) is 5.82 Å². The SMILES string of the molecule is Cc1cc(C)c(C(N)c2c(F)cccc2Cl)s1. The molecule has 0 aliphatic rings. The molecule has 17 heavy (non-hydrogen) atoms. The molecule has 0 fully saturated rings. The Morgan fingerprint density at radius 2 is 2.06 bits per heavy atom. The third-order valence-electron chi connectivity index (χ3n) is 2.67. The van der Waals surface area contributed by atoms with Crippen molar-refractivity contribution in [2.24, 2.45) is 5.73 Å². The van der Waals surface area contributed by atoms with E-state index in [4.69, 9.17) is 17.3 Å². The fraction of sp³-hybridized carbons (Fsp3) is 0.231. The van der Waals surface area contributed by atoms with Gasteiger partial charge in [0.05, 0.1) is 6.04 Å². The van der Waals surface area contributed by atoms with Crippen molar-refractivity contribution in [1.29, 1.82) is 0 Å². The van der Waals surface area contributed by atoms with Crippen molar-refractivity contribution in [3.63, 3.8) is 0 Å². The van der Waals surface area contributed by atoms with Crippen LogP contribution in [0.4, 0.5) is 4.39 Å². The maximum atomic E-state index is 13.8. The van der Waals surface area contributed by atoms with Gasteiger partial charge in [0.25, 0.3) is 0 Å². The van der Waals surface area contributed by atoms with Gasteiger partial charge in [-0.3, -0.25) is 0 Å². The molecule has 2 rings (SSSR count). The molecule has 1 aromatic carbocycles. The van der Waals surface area contributed by atoms with Crippen LogP contribution in [-0.4, -0.2) is 0 Å². The molecule has 0 saturated heterocycles. The second kappa shape index (κ2) is 4.77. The van der Waals surface area contributed by atoms with E-state index < -0.39 is 6.04 Å². The Labute approximate surface area is 109 Å². The van der Waals surface area contributed by atoms with E-state index in [1.165, 1.54) is 10.9 Å². The molecule has 1 unspecified atom stereocenters. The summed E-state index contributed by atoms with van der Waals surface area (Å²) in [6.45, 7) is 3.99. The largest absolute Gasteiger partial charge is 0.319 e. The lowest BCUT2D eigenvalue weighted by atomic mass is 10.0. The second-order valence-electron chi connectivity index (χ2n) is 4.02. The van der Waals surface area contributed by atoms with Crippen LogP contribution in [0.2, 0.25) is 5.02 Å². The first kappa shape index (κ1) is 12.6. The van der Waals surface area contributed by atoms with Gasteiger partial charge < -0.3 is 5.73 Å². The van der Waals surface area contributed by atoms with Gasteiger partial charge in [-0.15, -0.1) is 11.3 Å². The molecule has 1 atom stereocenters. The van der Waals surface area contributed by atoms with Gasteiger partial charge in [0.15, 0.2) is 0 Å². The monoisotopic (exact) mass is 269 g/mol. The summed E-state index contributed by atoms with van der Waals surface area (Å²) in [5, 5.41) is 0.378. The Balaban J connectivity index is 2.51. The molecule has 0 spiro atoms. The number of aryl methyl sites for hydroxylation is 2. The number of thiophene rings is 1. The van der Waals surface area contributed by atoms with Gasteiger partial charge in [0.2, 0.25) is 0 Å². The first-order valence-electron chi connectivity index (χ1n) is 5.27. The molecule has 0 amide bonds. The predicted octanol–water partition coefficient (Wildman–Crippen LogP) is 4.21. The summed E-state index contributed by atoms with van der Waals surface area (Å²) < 4.78 is 13.8. The van der Waals surface area contributed by atoms with Gasteiger partial charge in [0, 0.05) is 20.3 Å². The van der Waals surface area contributed by atoms with Crippen molar-refractivity contribution in [2.75, 3.05) is 0 Å². The quantitative estimate of drug-likeness (QED) is 0.869. The van der Waals surface area contributed by atoms with Crippen LogP contribution in [0.15, 0.2) is 24.3 Å². The minimum absolute atomic E-state index is 0.351. The van der Waals surface area contributed by atoms with E-state index in [1.807, 2.05) is 13.8 Å². The van der Waals surface area contributed by atoms with E-state index in [1.54, 1.807) is 23.5 Å². The van der Waals surface area contributed by atoms with E-state index in [-0.39, 0.29) is 5.82 Å². The Kier molecular flexibility index (Phi) is 3.52. The molecule has 0 bridgehead atoms. The van der Waals surface area contributed by atoms with Gasteiger partial charge in [-0.2, -0.15) is 0 Å². The molecule has 0 aliphatic carbocycles. The predicted molar refractivity (Wildman–Crippen MR) is 71.2 cm³/mol. The summed E-state index contributed by atoms with van der Waals surface area (Å²) in [5.41, 5.74) is 7.57. The zero-order valence-corrected chi connectivity index (χ0v) is 11.2. The smallest absolute Gasteiger partial charge is 0.129 e. The molecule has 0 radical (unpaired) electrons. The standard InChI is InChI=1S/C13H13ClFNS/c1-7-6-8(2)17-13(7)12(16)11-9(14)4-3-5-10(11)15/h3-6,12H,16H2,1-2H3. The topological polar surface area (TPSA) is 26.0 Å². The summed E-state index contributed by atoms with van der Waals surface area (Å²) in [7, 11) is 0. The first-order chi connectivity index (χ1) is 8.00. The number of hydrogen-bond donors (Lipinski definition) is 1. The Bertz CT molecular complexity index is 530. The molecule has 1 heterocycles. The Morgan fingerprint density at radius 1 is 1.35 bits per heavy atom. The highest BCUT2D eigenvalue weighted by Gasteiger charge is 2.20. The summed E-state index contributed by atoms with van der Waals surface area (Å²) in [5.74, 6) is -0.351. The van der Waals surface area contributed by atoms with Crippen molar-refractivity contribution in [2.45, 2.75) is 19.9 Å². The van der Waals surface area contributed by atoms with Crippen LogP contribution in [-0.2, 0) is 0 Å². The third-order valence-corrected chi connectivity index (χ3v) is 4.24. The average molecular weight is 270 g/mol. The summed E-state index contributed by atoms with van der Waals surface area (Å²) in [6.07, 6.45) is 0. The minimum Gasteiger partial charge on any atom is -0.319 e. The highest BCUT2D eigenvalue weighted by atomic mass is 35.5. The van der Waals surface area contributed by atoms with Gasteiger partial charge >= 0.3 is 0 Å². The molecule has 1 aromatic heterocycles. The van der Waals surface area contributed by atoms with Crippen LogP contribution in [0, 0.1) is 19.7 Å². The van der Waals surface area contributed by atoms with Crippen molar-refractivity contribution in [3.05, 3.63) is 56.0 Å². The van der Waals surface area contributed by atoms with E-state index in [9.17, 15) is 4.39 Å². The molecular formula is C13H13ClFNS. The lowest BCUT2D eigenvalue weighted by Crippen LogP contribution is -2.13. The van der Waals surface area contributed by atoms with Gasteiger partial charge in [-0.05, 0) is 37.6 Å². The van der Waals surface area contributed by atoms with Crippen molar-refractivity contribution in [1.82, 2.24) is 0 Å². The number of hydrogen-bond acceptors (Lipinski definition) is 2. The Morgan fingerprint density at radius 3 is 2.59 bits per heavy atom. The maximum absolute atomic E-state index is 13.8. The van der Waals surface area contributed by atoms with E-state index >= 15 is 0 Å². The lowest BCUT2D eigenvalue weighted by Gasteiger charge is -2.14. The van der Waals surface area contributed by atoms with Crippen LogP contribution in [0.5, 0.6) is 0 Å². The highest BCUT2D eigenvalue weighted by molar-refractivity contribution is 7.12. The molecule has 2 aromatic rings. The van der Waals surface area contributed by atoms with Crippen molar-refractivity contribution >= 4 is 22.9 Å². The molecule has 4 heteroatoms. The third kappa shape index (κ3) is 2.37. The number of nitrogens with two attached hydrogens (primary N) is 1. The number of benzene rings is 1. The summed E-state index contributed by atoms with van der Waals surface area (Å²) in [6, 6.07) is 6.18. The van der Waals surface area contributed by atoms with Gasteiger partial charge in [-0.25, -0.2) is 4.39 Å². The van der Waals surface area contributed by atoms with Crippen LogP contribution >= 0.6 is 22.9 Å². The molecule has 1 nitrogen and oxygen atoms in total. The summed E-state index contributed by atoms with van der Waals surface area (Å²) >= 11 is 7.60. The fourth-order valence-corrected chi connectivity index (χ4v) is 3.23. The zero-order valence-electron chi connectivity index (χ0n) is 9.63. The Hall–Kier alpha value is -0.900. The van der Waals surface area contributed by atoms with Gasteiger partial charge in [-0.1, -0.05) is 17.7 Å².